The second kappa shape index (κ2) is 7.04. The highest BCUT2D eigenvalue weighted by Gasteiger charge is 2.20. The van der Waals surface area contributed by atoms with Crippen molar-refractivity contribution in [1.29, 1.82) is 0 Å². The smallest absolute Gasteiger partial charge is 0.341 e. The Hall–Kier alpha value is -0.700. The van der Waals surface area contributed by atoms with E-state index in [2.05, 4.69) is 37.2 Å². The first-order valence-corrected chi connectivity index (χ1v) is 9.18. The lowest BCUT2D eigenvalue weighted by atomic mass is 10.2. The largest absolute Gasteiger partial charge is 0.462 e. The monoisotopic (exact) mass is 451 g/mol. The summed E-state index contributed by atoms with van der Waals surface area (Å²) in [5, 5.41) is 3.28. The molecule has 0 saturated heterocycles. The van der Waals surface area contributed by atoms with Crippen molar-refractivity contribution in [2.45, 2.75) is 13.8 Å². The summed E-state index contributed by atoms with van der Waals surface area (Å²) in [4.78, 5) is 25.1. The minimum absolute atomic E-state index is 0.267. The lowest BCUT2D eigenvalue weighted by Crippen LogP contribution is -2.14. The van der Waals surface area contributed by atoms with Gasteiger partial charge in [0.05, 0.1) is 25.3 Å². The maximum absolute atomic E-state index is 12.3. The van der Waals surface area contributed by atoms with Gasteiger partial charge in [0.15, 0.2) is 0 Å². The van der Waals surface area contributed by atoms with Gasteiger partial charge in [-0.05, 0) is 57.8 Å². The second-order valence-corrected chi connectivity index (χ2v) is 9.02. The first kappa shape index (κ1) is 16.7. The van der Waals surface area contributed by atoms with Gasteiger partial charge in [0.2, 0.25) is 0 Å². The van der Waals surface area contributed by atoms with Crippen molar-refractivity contribution in [3.63, 3.8) is 0 Å². The Kier molecular flexibility index (Phi) is 5.59. The van der Waals surface area contributed by atoms with Crippen molar-refractivity contribution in [2.24, 2.45) is 0 Å². The van der Waals surface area contributed by atoms with Gasteiger partial charge in [0.25, 0.3) is 5.91 Å². The van der Waals surface area contributed by atoms with E-state index >= 15 is 0 Å². The highest BCUT2D eigenvalue weighted by Crippen LogP contribution is 2.34. The van der Waals surface area contributed by atoms with E-state index in [0.717, 1.165) is 12.4 Å². The van der Waals surface area contributed by atoms with Crippen LogP contribution in [0.5, 0.6) is 0 Å². The fraction of sp³-hybridized carbons (Fsp3) is 0.231. The van der Waals surface area contributed by atoms with Crippen molar-refractivity contribution < 1.29 is 14.3 Å². The maximum atomic E-state index is 12.3. The molecule has 2 aromatic heterocycles. The number of esters is 1. The highest BCUT2D eigenvalue weighted by atomic mass is 79.9. The van der Waals surface area contributed by atoms with Crippen LogP contribution in [0.4, 0.5) is 5.00 Å². The topological polar surface area (TPSA) is 55.4 Å². The molecular weight excluding hydrogens is 442 g/mol. The summed E-state index contributed by atoms with van der Waals surface area (Å²) in [5.41, 5.74) is 0.908. The van der Waals surface area contributed by atoms with E-state index in [4.69, 9.17) is 4.74 Å². The van der Waals surface area contributed by atoms with Gasteiger partial charge in [-0.25, -0.2) is 4.79 Å². The number of anilines is 1. The van der Waals surface area contributed by atoms with Crippen LogP contribution in [0.1, 0.15) is 32.5 Å². The van der Waals surface area contributed by atoms with Crippen LogP contribution in [0, 0.1) is 6.92 Å². The maximum Gasteiger partial charge on any atom is 0.341 e. The number of hydrogen-bond acceptors (Lipinski definition) is 5. The van der Waals surface area contributed by atoms with Gasteiger partial charge < -0.3 is 10.1 Å². The Labute approximate surface area is 146 Å². The summed E-state index contributed by atoms with van der Waals surface area (Å²) in [7, 11) is 0. The van der Waals surface area contributed by atoms with Crippen LogP contribution < -0.4 is 5.32 Å². The molecule has 1 amide bonds. The molecule has 0 saturated carbocycles. The van der Waals surface area contributed by atoms with Crippen molar-refractivity contribution in [3.05, 3.63) is 35.7 Å². The minimum Gasteiger partial charge on any atom is -0.462 e. The fourth-order valence-corrected chi connectivity index (χ4v) is 5.32. The van der Waals surface area contributed by atoms with Gasteiger partial charge in [0, 0.05) is 4.88 Å². The summed E-state index contributed by atoms with van der Waals surface area (Å²) in [6.07, 6.45) is 0. The van der Waals surface area contributed by atoms with Crippen LogP contribution >= 0.6 is 54.5 Å². The van der Waals surface area contributed by atoms with Gasteiger partial charge in [0.1, 0.15) is 5.00 Å². The average molecular weight is 453 g/mol. The third-order valence-corrected chi connectivity index (χ3v) is 5.78. The molecule has 8 heteroatoms. The first-order valence-electron chi connectivity index (χ1n) is 5.96. The summed E-state index contributed by atoms with van der Waals surface area (Å²) in [5.74, 6) is -0.695. The molecule has 2 heterocycles. The number of nitrogens with one attached hydrogen (secondary N) is 1. The zero-order valence-electron chi connectivity index (χ0n) is 11.2. The predicted octanol–water partition coefficient (Wildman–Crippen LogP) is 5.07. The fourth-order valence-electron chi connectivity index (χ4n) is 1.63. The van der Waals surface area contributed by atoms with E-state index in [-0.39, 0.29) is 5.91 Å². The zero-order valence-corrected chi connectivity index (χ0v) is 16.0. The molecule has 0 aromatic carbocycles. The standard InChI is InChI=1S/C13H11Br2NO3S2/c1-3-19-13(18)8-4-6(2)20-12(8)16-11(17)7-5-9(14)21-10(7)15/h4-5H,3H2,1-2H3,(H,16,17). The lowest BCUT2D eigenvalue weighted by molar-refractivity contribution is 0.0528. The van der Waals surface area contributed by atoms with E-state index in [9.17, 15) is 9.59 Å². The third kappa shape index (κ3) is 3.94. The van der Waals surface area contributed by atoms with Gasteiger partial charge in [-0.3, -0.25) is 4.79 Å². The number of aryl methyl sites for hydroxylation is 1. The van der Waals surface area contributed by atoms with Gasteiger partial charge in [-0.2, -0.15) is 0 Å². The molecule has 1 N–H and O–H groups in total. The molecule has 0 atom stereocenters. The summed E-state index contributed by atoms with van der Waals surface area (Å²) in [6.45, 7) is 3.92. The molecule has 0 aliphatic heterocycles. The SMILES string of the molecule is CCOC(=O)c1cc(C)sc1NC(=O)c1cc(Br)sc1Br. The number of halogens is 2. The number of ether oxygens (including phenoxy) is 1. The van der Waals surface area contributed by atoms with E-state index in [1.165, 1.54) is 22.7 Å². The van der Waals surface area contributed by atoms with Crippen LogP contribution in [0.25, 0.3) is 0 Å². The van der Waals surface area contributed by atoms with Crippen LogP contribution in [0.15, 0.2) is 19.7 Å². The van der Waals surface area contributed by atoms with Crippen molar-refractivity contribution in [2.75, 3.05) is 11.9 Å². The molecule has 0 radical (unpaired) electrons. The molecule has 2 aromatic rings. The Bertz CT molecular complexity index is 694. The van der Waals surface area contributed by atoms with E-state index in [1.54, 1.807) is 19.1 Å². The predicted molar refractivity (Wildman–Crippen MR) is 92.7 cm³/mol. The third-order valence-electron chi connectivity index (χ3n) is 2.48. The molecule has 0 bridgehead atoms. The molecular formula is C13H11Br2NO3S2. The number of hydrogen-bond donors (Lipinski definition) is 1. The molecule has 4 nitrogen and oxygen atoms in total. The Morgan fingerprint density at radius 1 is 1.24 bits per heavy atom. The van der Waals surface area contributed by atoms with Crippen LogP contribution in [-0.4, -0.2) is 18.5 Å². The number of amides is 1. The van der Waals surface area contributed by atoms with Gasteiger partial charge >= 0.3 is 5.97 Å². The normalized spacial score (nSPS) is 10.5. The molecule has 0 fully saturated rings. The molecule has 21 heavy (non-hydrogen) atoms. The van der Waals surface area contributed by atoms with Crippen LogP contribution in [-0.2, 0) is 4.74 Å². The molecule has 0 unspecified atom stereocenters. The minimum atomic E-state index is -0.428. The summed E-state index contributed by atoms with van der Waals surface area (Å²) in [6, 6.07) is 3.45. The molecule has 112 valence electrons. The summed E-state index contributed by atoms with van der Waals surface area (Å²) >= 11 is 9.45. The molecule has 2 rings (SSSR count). The quantitative estimate of drug-likeness (QED) is 0.658. The van der Waals surface area contributed by atoms with Gasteiger partial charge in [-0.1, -0.05) is 0 Å². The van der Waals surface area contributed by atoms with Gasteiger partial charge in [-0.15, -0.1) is 22.7 Å². The van der Waals surface area contributed by atoms with Crippen LogP contribution in [0.3, 0.4) is 0 Å². The first-order chi connectivity index (χ1) is 9.92. The van der Waals surface area contributed by atoms with Crippen molar-refractivity contribution in [1.82, 2.24) is 0 Å². The van der Waals surface area contributed by atoms with Crippen molar-refractivity contribution >= 4 is 71.4 Å². The number of thiophene rings is 2. The molecule has 0 aliphatic carbocycles. The van der Waals surface area contributed by atoms with E-state index in [0.29, 0.717) is 22.7 Å². The number of carbonyl (C=O) groups is 2. The molecule has 0 spiro atoms. The highest BCUT2D eigenvalue weighted by molar-refractivity contribution is 9.12. The number of carbonyl (C=O) groups excluding carboxylic acids is 2. The Morgan fingerprint density at radius 3 is 2.52 bits per heavy atom. The van der Waals surface area contributed by atoms with Crippen LogP contribution in [0.2, 0.25) is 0 Å². The molecule has 0 aliphatic rings. The summed E-state index contributed by atoms with van der Waals surface area (Å²) < 4.78 is 6.59. The lowest BCUT2D eigenvalue weighted by Gasteiger charge is -2.05. The van der Waals surface area contributed by atoms with E-state index in [1.807, 2.05) is 6.92 Å². The Balaban J connectivity index is 2.25. The van der Waals surface area contributed by atoms with Crippen molar-refractivity contribution in [3.8, 4) is 0 Å². The second-order valence-electron chi connectivity index (χ2n) is 4.01. The average Bonchev–Trinajstić information content (AvgIpc) is 2.92. The zero-order chi connectivity index (χ0) is 15.6. The van der Waals surface area contributed by atoms with E-state index < -0.39 is 5.97 Å². The Morgan fingerprint density at radius 2 is 1.95 bits per heavy atom. The number of rotatable bonds is 4.